The lowest BCUT2D eigenvalue weighted by Gasteiger charge is -1.98. The Hall–Kier alpha value is -2.07. The van der Waals surface area contributed by atoms with Gasteiger partial charge in [0, 0.05) is 5.56 Å². The summed E-state index contributed by atoms with van der Waals surface area (Å²) in [5, 5.41) is 15.6. The summed E-state index contributed by atoms with van der Waals surface area (Å²) >= 11 is 5.83. The Morgan fingerprint density at radius 1 is 1.17 bits per heavy atom. The Morgan fingerprint density at radius 2 is 1.94 bits per heavy atom. The van der Waals surface area contributed by atoms with Crippen LogP contribution in [0, 0.1) is 5.82 Å². The standard InChI is InChI=1S/C13H6ClFNO2/c14-11-10(17)6-5-8-12(16-18-13(8)11)7-3-1-2-4-9(7)15/h1-6H. The van der Waals surface area contributed by atoms with Crippen LogP contribution in [-0.2, 0) is 5.11 Å². The quantitative estimate of drug-likeness (QED) is 0.651. The van der Waals surface area contributed by atoms with E-state index in [1.54, 1.807) is 18.2 Å². The highest BCUT2D eigenvalue weighted by Gasteiger charge is 2.17. The van der Waals surface area contributed by atoms with Crippen LogP contribution in [0.2, 0.25) is 5.02 Å². The minimum Gasteiger partial charge on any atom is -0.354 e. The Bertz CT molecular complexity index is 739. The third kappa shape index (κ3) is 1.54. The van der Waals surface area contributed by atoms with Gasteiger partial charge in [-0.3, -0.25) is 5.11 Å². The molecule has 18 heavy (non-hydrogen) atoms. The monoisotopic (exact) mass is 262 g/mol. The highest BCUT2D eigenvalue weighted by molar-refractivity contribution is 6.36. The minimum absolute atomic E-state index is 0.0393. The molecule has 0 fully saturated rings. The van der Waals surface area contributed by atoms with Crippen LogP contribution in [0.3, 0.4) is 0 Å². The molecule has 0 saturated heterocycles. The lowest BCUT2D eigenvalue weighted by molar-refractivity contribution is 0.354. The first-order valence-corrected chi connectivity index (χ1v) is 5.56. The molecule has 0 aliphatic heterocycles. The molecule has 2 aromatic carbocycles. The molecule has 0 aliphatic carbocycles. The topological polar surface area (TPSA) is 45.9 Å². The van der Waals surface area contributed by atoms with Crippen molar-refractivity contribution in [2.45, 2.75) is 0 Å². The van der Waals surface area contributed by atoms with Gasteiger partial charge in [0.25, 0.3) is 0 Å². The fraction of sp³-hybridized carbons (Fsp3) is 0. The van der Waals surface area contributed by atoms with Gasteiger partial charge in [-0.15, -0.1) is 0 Å². The average molecular weight is 263 g/mol. The summed E-state index contributed by atoms with van der Waals surface area (Å²) in [5.41, 5.74) is 0.832. The van der Waals surface area contributed by atoms with Crippen molar-refractivity contribution in [2.75, 3.05) is 0 Å². The molecule has 3 aromatic rings. The molecule has 0 saturated carbocycles. The van der Waals surface area contributed by atoms with E-state index in [1.165, 1.54) is 18.2 Å². The van der Waals surface area contributed by atoms with Crippen molar-refractivity contribution in [3.63, 3.8) is 0 Å². The number of nitrogens with zero attached hydrogens (tertiary/aromatic N) is 1. The third-order valence-electron chi connectivity index (χ3n) is 2.67. The first-order chi connectivity index (χ1) is 8.68. The smallest absolute Gasteiger partial charge is 0.201 e. The van der Waals surface area contributed by atoms with Gasteiger partial charge in [0.05, 0.1) is 5.39 Å². The third-order valence-corrected chi connectivity index (χ3v) is 3.03. The Labute approximate surface area is 106 Å². The maximum Gasteiger partial charge on any atom is 0.201 e. The molecular formula is C13H6ClFNO2. The second-order valence-electron chi connectivity index (χ2n) is 3.77. The van der Waals surface area contributed by atoms with Gasteiger partial charge in [0.1, 0.15) is 16.5 Å². The maximum atomic E-state index is 13.7. The van der Waals surface area contributed by atoms with Crippen molar-refractivity contribution in [2.24, 2.45) is 0 Å². The van der Waals surface area contributed by atoms with Crippen LogP contribution in [0.4, 0.5) is 4.39 Å². The van der Waals surface area contributed by atoms with Crippen molar-refractivity contribution in [3.05, 3.63) is 47.2 Å². The molecular weight excluding hydrogens is 257 g/mol. The van der Waals surface area contributed by atoms with Crippen LogP contribution >= 0.6 is 11.6 Å². The van der Waals surface area contributed by atoms with E-state index in [1.807, 2.05) is 0 Å². The molecule has 0 amide bonds. The van der Waals surface area contributed by atoms with Crippen molar-refractivity contribution >= 4 is 22.6 Å². The number of aromatic nitrogens is 1. The van der Waals surface area contributed by atoms with E-state index < -0.39 is 5.82 Å². The normalized spacial score (nSPS) is 11.0. The molecule has 1 aromatic heterocycles. The van der Waals surface area contributed by atoms with Gasteiger partial charge in [-0.05, 0) is 24.3 Å². The van der Waals surface area contributed by atoms with Gasteiger partial charge < -0.3 is 4.52 Å². The van der Waals surface area contributed by atoms with Crippen molar-refractivity contribution < 1.29 is 14.0 Å². The number of hydrogen-bond donors (Lipinski definition) is 0. The van der Waals surface area contributed by atoms with Crippen molar-refractivity contribution in [1.29, 1.82) is 0 Å². The van der Waals surface area contributed by atoms with E-state index in [9.17, 15) is 9.50 Å². The van der Waals surface area contributed by atoms with E-state index in [0.29, 0.717) is 16.6 Å². The Morgan fingerprint density at radius 3 is 2.72 bits per heavy atom. The molecule has 89 valence electrons. The van der Waals surface area contributed by atoms with Crippen LogP contribution in [0.5, 0.6) is 5.75 Å². The molecule has 0 unspecified atom stereocenters. The van der Waals surface area contributed by atoms with E-state index in [4.69, 9.17) is 16.1 Å². The van der Waals surface area contributed by atoms with Gasteiger partial charge in [-0.2, -0.15) is 0 Å². The van der Waals surface area contributed by atoms with E-state index in [-0.39, 0.29) is 16.4 Å². The van der Waals surface area contributed by atoms with Crippen LogP contribution in [0.1, 0.15) is 0 Å². The summed E-state index contributed by atoms with van der Waals surface area (Å²) in [6.07, 6.45) is 0. The minimum atomic E-state index is -0.407. The number of hydrogen-bond acceptors (Lipinski definition) is 2. The largest absolute Gasteiger partial charge is 0.354 e. The molecule has 0 N–H and O–H groups in total. The summed E-state index contributed by atoms with van der Waals surface area (Å²) in [7, 11) is 0. The molecule has 1 radical (unpaired) electrons. The summed E-state index contributed by atoms with van der Waals surface area (Å²) in [6.45, 7) is 0. The van der Waals surface area contributed by atoms with Crippen LogP contribution in [0.15, 0.2) is 40.9 Å². The summed E-state index contributed by atoms with van der Waals surface area (Å²) in [4.78, 5) is 0. The molecule has 0 atom stereocenters. The highest BCUT2D eigenvalue weighted by Crippen LogP contribution is 2.37. The zero-order valence-electron chi connectivity index (χ0n) is 8.98. The van der Waals surface area contributed by atoms with Crippen molar-refractivity contribution in [1.82, 2.24) is 5.16 Å². The molecule has 0 spiro atoms. The van der Waals surface area contributed by atoms with Gasteiger partial charge in [-0.1, -0.05) is 28.9 Å². The molecule has 0 bridgehead atoms. The second kappa shape index (κ2) is 3.99. The summed E-state index contributed by atoms with van der Waals surface area (Å²) in [5.74, 6) is -0.754. The zero-order valence-corrected chi connectivity index (χ0v) is 9.74. The summed E-state index contributed by atoms with van der Waals surface area (Å²) in [6, 6.07) is 9.05. The fourth-order valence-corrected chi connectivity index (χ4v) is 2.00. The number of halogens is 2. The number of fused-ring (bicyclic) bond motifs is 1. The van der Waals surface area contributed by atoms with Crippen LogP contribution < -0.4 is 0 Å². The highest BCUT2D eigenvalue weighted by atomic mass is 35.5. The number of rotatable bonds is 1. The van der Waals surface area contributed by atoms with Crippen LogP contribution in [-0.4, -0.2) is 5.16 Å². The number of benzene rings is 2. The lowest BCUT2D eigenvalue weighted by Crippen LogP contribution is -1.83. The average Bonchev–Trinajstić information content (AvgIpc) is 2.79. The predicted octanol–water partition coefficient (Wildman–Crippen LogP) is 4.43. The van der Waals surface area contributed by atoms with E-state index >= 15 is 0 Å². The predicted molar refractivity (Wildman–Crippen MR) is 64.5 cm³/mol. The Kier molecular flexibility index (Phi) is 2.45. The van der Waals surface area contributed by atoms with Gasteiger partial charge in [0.2, 0.25) is 5.75 Å². The summed E-state index contributed by atoms with van der Waals surface area (Å²) < 4.78 is 18.7. The molecule has 5 heteroatoms. The lowest BCUT2D eigenvalue weighted by atomic mass is 10.1. The zero-order chi connectivity index (χ0) is 12.7. The maximum absolute atomic E-state index is 13.7. The van der Waals surface area contributed by atoms with Crippen molar-refractivity contribution in [3.8, 4) is 17.0 Å². The molecule has 0 aliphatic rings. The van der Waals surface area contributed by atoms with Gasteiger partial charge in [-0.25, -0.2) is 4.39 Å². The van der Waals surface area contributed by atoms with Gasteiger partial charge in [0.15, 0.2) is 5.58 Å². The first kappa shape index (κ1) is 11.0. The SMILES string of the molecule is [O]c1ccc2c(-c3ccccc3F)noc2c1Cl. The Balaban J connectivity index is 2.32. The molecule has 3 nitrogen and oxygen atoms in total. The fourth-order valence-electron chi connectivity index (χ4n) is 1.80. The van der Waals surface area contributed by atoms with E-state index in [0.717, 1.165) is 0 Å². The molecule has 1 heterocycles. The second-order valence-corrected chi connectivity index (χ2v) is 4.14. The van der Waals surface area contributed by atoms with Crippen LogP contribution in [0.25, 0.3) is 22.2 Å². The van der Waals surface area contributed by atoms with E-state index in [2.05, 4.69) is 5.16 Å². The molecule has 3 rings (SSSR count). The first-order valence-electron chi connectivity index (χ1n) is 5.18. The van der Waals surface area contributed by atoms with Gasteiger partial charge >= 0.3 is 0 Å².